The number of rotatable bonds is 5. The van der Waals surface area contributed by atoms with Crippen LogP contribution in [0, 0.1) is 6.92 Å². The summed E-state index contributed by atoms with van der Waals surface area (Å²) in [5.41, 5.74) is 1.87. The maximum absolute atomic E-state index is 10.4. The molecule has 0 bridgehead atoms. The van der Waals surface area contributed by atoms with E-state index in [4.69, 9.17) is 16.3 Å². The van der Waals surface area contributed by atoms with Crippen LogP contribution in [0.5, 0.6) is 5.75 Å². The van der Waals surface area contributed by atoms with Crippen LogP contribution in [0.4, 0.5) is 0 Å². The molecule has 0 aliphatic rings. The van der Waals surface area contributed by atoms with Gasteiger partial charge in [0.2, 0.25) is 0 Å². The number of benzene rings is 1. The predicted molar refractivity (Wildman–Crippen MR) is 72.9 cm³/mol. The molecule has 1 unspecified atom stereocenters. The Hall–Kier alpha value is -1.29. The summed E-state index contributed by atoms with van der Waals surface area (Å²) in [6, 6.07) is 5.03. The number of aryl methyl sites for hydroxylation is 1. The first kappa shape index (κ1) is 14.1. The van der Waals surface area contributed by atoms with Crippen molar-refractivity contribution >= 4 is 32.6 Å². The van der Waals surface area contributed by atoms with E-state index in [0.717, 1.165) is 15.7 Å². The van der Waals surface area contributed by atoms with Gasteiger partial charge in [-0.1, -0.05) is 0 Å². The Balaban J connectivity index is 2.39. The van der Waals surface area contributed by atoms with Gasteiger partial charge in [-0.15, -0.1) is 0 Å². The Kier molecular flexibility index (Phi) is 4.64. The summed E-state index contributed by atoms with van der Waals surface area (Å²) in [6.07, 6.45) is 0. The maximum atomic E-state index is 10.4. The standard InChI is InChI=1S/C13H12ClNO3Se/c1-8-13(19-6-15-8)10(5-18-7-16)9-2-3-12(17)11(14)4-9/h2-4,6-7,10,17H,5H2,1H3. The second kappa shape index (κ2) is 6.24. The van der Waals surface area contributed by atoms with Gasteiger partial charge in [0, 0.05) is 0 Å². The monoisotopic (exact) mass is 345 g/mol. The van der Waals surface area contributed by atoms with Crippen LogP contribution in [0.1, 0.15) is 21.6 Å². The zero-order chi connectivity index (χ0) is 13.8. The van der Waals surface area contributed by atoms with Crippen molar-refractivity contribution in [3.05, 3.63) is 44.0 Å². The van der Waals surface area contributed by atoms with Gasteiger partial charge >= 0.3 is 121 Å². The van der Waals surface area contributed by atoms with E-state index < -0.39 is 0 Å². The number of hydrogen-bond donors (Lipinski definition) is 1. The zero-order valence-electron chi connectivity index (χ0n) is 10.2. The van der Waals surface area contributed by atoms with Gasteiger partial charge in [-0.2, -0.15) is 0 Å². The van der Waals surface area contributed by atoms with Crippen LogP contribution < -0.4 is 0 Å². The first-order chi connectivity index (χ1) is 9.13. The molecule has 19 heavy (non-hydrogen) atoms. The Morgan fingerprint density at radius 2 is 2.37 bits per heavy atom. The van der Waals surface area contributed by atoms with E-state index in [-0.39, 0.29) is 32.8 Å². The van der Waals surface area contributed by atoms with Crippen molar-refractivity contribution in [2.24, 2.45) is 0 Å². The average molecular weight is 345 g/mol. The molecule has 0 amide bonds. The molecular formula is C13H12ClNO3Se. The summed E-state index contributed by atoms with van der Waals surface area (Å²) >= 11 is 6.09. The first-order valence-electron chi connectivity index (χ1n) is 5.57. The summed E-state index contributed by atoms with van der Waals surface area (Å²) in [5.74, 6) is -0.0230. The molecule has 1 aromatic heterocycles. The molecule has 100 valence electrons. The number of nitrogens with zero attached hydrogens (tertiary/aromatic N) is 1. The Morgan fingerprint density at radius 3 is 2.95 bits per heavy atom. The van der Waals surface area contributed by atoms with Crippen molar-refractivity contribution in [1.29, 1.82) is 0 Å². The van der Waals surface area contributed by atoms with E-state index in [2.05, 4.69) is 4.98 Å². The minimum absolute atomic E-state index is 0.0411. The van der Waals surface area contributed by atoms with Gasteiger partial charge in [0.1, 0.15) is 0 Å². The first-order valence-corrected chi connectivity index (χ1v) is 7.79. The van der Waals surface area contributed by atoms with Crippen LogP contribution in [0.15, 0.2) is 23.3 Å². The second-order valence-electron chi connectivity index (χ2n) is 4.00. The molecule has 2 aromatic rings. The molecule has 6 heteroatoms. The number of ether oxygens (including phenoxy) is 1. The SMILES string of the molecule is Cc1nc[se]c1C(COC=O)c1ccc(O)c(Cl)c1. The van der Waals surface area contributed by atoms with E-state index in [1.165, 1.54) is 0 Å². The van der Waals surface area contributed by atoms with Crippen LogP contribution in [-0.4, -0.2) is 37.7 Å². The Morgan fingerprint density at radius 1 is 1.58 bits per heavy atom. The van der Waals surface area contributed by atoms with E-state index in [1.807, 2.05) is 12.0 Å². The number of carbonyl (C=O) groups excluding carboxylic acids is 1. The molecule has 1 aromatic carbocycles. The van der Waals surface area contributed by atoms with E-state index in [0.29, 0.717) is 11.5 Å². The number of aromatic hydroxyl groups is 1. The van der Waals surface area contributed by atoms with E-state index in [1.54, 1.807) is 18.2 Å². The average Bonchev–Trinajstić information content (AvgIpc) is 2.80. The van der Waals surface area contributed by atoms with Gasteiger partial charge in [-0.05, 0) is 0 Å². The van der Waals surface area contributed by atoms with Crippen LogP contribution in [0.2, 0.25) is 5.02 Å². The Bertz CT molecular complexity index is 585. The zero-order valence-corrected chi connectivity index (χ0v) is 12.6. The molecule has 0 radical (unpaired) electrons. The normalized spacial score (nSPS) is 12.1. The molecule has 1 atom stereocenters. The fraction of sp³-hybridized carbons (Fsp3) is 0.231. The molecule has 1 N–H and O–H groups in total. The third-order valence-electron chi connectivity index (χ3n) is 2.80. The van der Waals surface area contributed by atoms with Crippen LogP contribution in [0.25, 0.3) is 0 Å². The minimum atomic E-state index is -0.0641. The quantitative estimate of drug-likeness (QED) is 0.667. The van der Waals surface area contributed by atoms with Crippen LogP contribution in [0.3, 0.4) is 0 Å². The molecule has 0 fully saturated rings. The van der Waals surface area contributed by atoms with E-state index >= 15 is 0 Å². The van der Waals surface area contributed by atoms with E-state index in [9.17, 15) is 9.90 Å². The number of phenols is 1. The summed E-state index contributed by atoms with van der Waals surface area (Å²) in [5, 5.41) is 11.7. The number of halogens is 1. The summed E-state index contributed by atoms with van der Waals surface area (Å²) in [4.78, 5) is 14.7. The topological polar surface area (TPSA) is 59.4 Å². The second-order valence-corrected chi connectivity index (χ2v) is 6.26. The molecule has 0 aliphatic heterocycles. The van der Waals surface area contributed by atoms with Gasteiger partial charge < -0.3 is 0 Å². The van der Waals surface area contributed by atoms with Crippen molar-refractivity contribution in [1.82, 2.24) is 4.98 Å². The third-order valence-corrected chi connectivity index (χ3v) is 5.30. The van der Waals surface area contributed by atoms with Crippen molar-refractivity contribution in [2.45, 2.75) is 12.8 Å². The number of phenolic OH excluding ortho intramolecular Hbond substituents is 1. The van der Waals surface area contributed by atoms with Crippen molar-refractivity contribution in [3.63, 3.8) is 0 Å². The molecule has 4 nitrogen and oxygen atoms in total. The van der Waals surface area contributed by atoms with Crippen LogP contribution >= 0.6 is 11.6 Å². The van der Waals surface area contributed by atoms with Crippen LogP contribution in [-0.2, 0) is 9.53 Å². The molecular weight excluding hydrogens is 333 g/mol. The van der Waals surface area contributed by atoms with Crippen molar-refractivity contribution < 1.29 is 14.6 Å². The summed E-state index contributed by atoms with van der Waals surface area (Å²) in [7, 11) is 0. The van der Waals surface area contributed by atoms with Crippen molar-refractivity contribution in [2.75, 3.05) is 6.61 Å². The van der Waals surface area contributed by atoms with Gasteiger partial charge in [0.05, 0.1) is 0 Å². The van der Waals surface area contributed by atoms with Gasteiger partial charge in [0.25, 0.3) is 0 Å². The number of aromatic nitrogens is 1. The van der Waals surface area contributed by atoms with Crippen molar-refractivity contribution in [3.8, 4) is 5.75 Å². The molecule has 0 spiro atoms. The fourth-order valence-corrected chi connectivity index (χ4v) is 3.95. The van der Waals surface area contributed by atoms with Gasteiger partial charge in [-0.25, -0.2) is 0 Å². The predicted octanol–water partition coefficient (Wildman–Crippen LogP) is 2.11. The number of hydrogen-bond acceptors (Lipinski definition) is 4. The summed E-state index contributed by atoms with van der Waals surface area (Å²) < 4.78 is 6.08. The van der Waals surface area contributed by atoms with Gasteiger partial charge in [0.15, 0.2) is 0 Å². The fourth-order valence-electron chi connectivity index (χ4n) is 1.84. The number of carbonyl (C=O) groups is 1. The summed E-state index contributed by atoms with van der Waals surface area (Å²) in [6.45, 7) is 2.63. The molecule has 2 rings (SSSR count). The molecule has 0 saturated carbocycles. The third kappa shape index (κ3) is 3.18. The van der Waals surface area contributed by atoms with Gasteiger partial charge in [-0.3, -0.25) is 0 Å². The Labute approximate surface area is 121 Å². The molecule has 1 heterocycles. The molecule has 0 aliphatic carbocycles. The molecule has 0 saturated heterocycles.